The van der Waals surface area contributed by atoms with Crippen LogP contribution in [-0.4, -0.2) is 9.46 Å². The first-order valence-electron chi connectivity index (χ1n) is 6.18. The fraction of sp³-hybridized carbons (Fsp3) is 0.538. The molecule has 1 fully saturated rings. The van der Waals surface area contributed by atoms with Crippen molar-refractivity contribution in [3.05, 3.63) is 35.9 Å². The van der Waals surface area contributed by atoms with Crippen LogP contribution in [0.2, 0.25) is 0 Å². The van der Waals surface area contributed by atoms with Crippen LogP contribution in [0, 0.1) is 0 Å². The zero-order valence-corrected chi connectivity index (χ0v) is 10.7. The molecule has 17 heavy (non-hydrogen) atoms. The Morgan fingerprint density at radius 3 is 2.59 bits per heavy atom. The molecule has 0 heterocycles. The maximum absolute atomic E-state index is 11.9. The van der Waals surface area contributed by atoms with Gasteiger partial charge in [0.1, 0.15) is 11.0 Å². The van der Waals surface area contributed by atoms with Crippen molar-refractivity contribution in [2.45, 2.75) is 44.0 Å². The first-order valence-corrected chi connectivity index (χ1v) is 7.39. The van der Waals surface area contributed by atoms with Gasteiger partial charge in [0.05, 0.1) is 11.9 Å². The van der Waals surface area contributed by atoms with Crippen LogP contribution in [0.15, 0.2) is 30.3 Å². The minimum atomic E-state index is -1.05. The molecule has 1 unspecified atom stereocenters. The minimum absolute atomic E-state index is 0.263. The predicted molar refractivity (Wildman–Crippen MR) is 69.4 cm³/mol. The van der Waals surface area contributed by atoms with Gasteiger partial charge in [-0.05, 0) is 18.4 Å². The molecule has 1 N–H and O–H groups in total. The van der Waals surface area contributed by atoms with E-state index in [9.17, 15) is 4.21 Å². The topological polar surface area (TPSA) is 38.3 Å². The van der Waals surface area contributed by atoms with E-state index in [0.29, 0.717) is 6.61 Å². The van der Waals surface area contributed by atoms with Gasteiger partial charge < -0.3 is 0 Å². The third kappa shape index (κ3) is 4.22. The molecule has 0 spiro atoms. The number of nitrogens with one attached hydrogen (secondary N) is 1. The Morgan fingerprint density at radius 1 is 1.18 bits per heavy atom. The Bertz CT molecular complexity index is 350. The average Bonchev–Trinajstić information content (AvgIpc) is 2.41. The zero-order chi connectivity index (χ0) is 11.9. The molecule has 1 aromatic rings. The summed E-state index contributed by atoms with van der Waals surface area (Å²) < 4.78 is 11.9. The summed E-state index contributed by atoms with van der Waals surface area (Å²) in [4.78, 5) is 7.96. The van der Waals surface area contributed by atoms with E-state index in [1.807, 2.05) is 30.3 Å². The second-order valence-corrected chi connectivity index (χ2v) is 5.84. The van der Waals surface area contributed by atoms with Crippen LogP contribution in [0.4, 0.5) is 0 Å². The summed E-state index contributed by atoms with van der Waals surface area (Å²) >= 11 is 0. The highest BCUT2D eigenvalue weighted by molar-refractivity contribution is 7.83. The lowest BCUT2D eigenvalue weighted by molar-refractivity contribution is 0.0824. The fourth-order valence-corrected chi connectivity index (χ4v) is 3.17. The van der Waals surface area contributed by atoms with Crippen molar-refractivity contribution in [1.29, 1.82) is 0 Å². The molecule has 2 rings (SSSR count). The third-order valence-corrected chi connectivity index (χ3v) is 4.44. The van der Waals surface area contributed by atoms with Gasteiger partial charge in [-0.3, -0.25) is 4.84 Å². The first kappa shape index (κ1) is 12.7. The highest BCUT2D eigenvalue weighted by Crippen LogP contribution is 2.21. The lowest BCUT2D eigenvalue weighted by Crippen LogP contribution is -2.29. The number of benzene rings is 1. The van der Waals surface area contributed by atoms with E-state index in [1.54, 1.807) is 0 Å². The van der Waals surface area contributed by atoms with Crippen LogP contribution >= 0.6 is 0 Å². The van der Waals surface area contributed by atoms with Gasteiger partial charge in [-0.25, -0.2) is 4.21 Å². The lowest BCUT2D eigenvalue weighted by atomic mass is 10.0. The van der Waals surface area contributed by atoms with E-state index >= 15 is 0 Å². The van der Waals surface area contributed by atoms with Gasteiger partial charge in [0.2, 0.25) is 0 Å². The SMILES string of the molecule is O=S(NOCc1ccccc1)C1CCCCC1. The molecule has 1 aliphatic rings. The monoisotopic (exact) mass is 253 g/mol. The van der Waals surface area contributed by atoms with E-state index in [0.717, 1.165) is 18.4 Å². The standard InChI is InChI=1S/C13H19NO2S/c15-17(13-9-5-2-6-10-13)14-16-11-12-7-3-1-4-8-12/h1,3-4,7-8,13-14H,2,5-6,9-11H2. The van der Waals surface area contributed by atoms with Crippen LogP contribution in [0.25, 0.3) is 0 Å². The molecule has 0 bridgehead atoms. The molecule has 4 heteroatoms. The van der Waals surface area contributed by atoms with Crippen molar-refractivity contribution < 1.29 is 9.05 Å². The Hall–Kier alpha value is -0.710. The van der Waals surface area contributed by atoms with Gasteiger partial charge >= 0.3 is 0 Å². The second-order valence-electron chi connectivity index (χ2n) is 4.42. The van der Waals surface area contributed by atoms with Gasteiger partial charge in [0.15, 0.2) is 0 Å². The van der Waals surface area contributed by atoms with Gasteiger partial charge in [-0.1, -0.05) is 49.6 Å². The van der Waals surface area contributed by atoms with Crippen molar-refractivity contribution >= 4 is 11.0 Å². The molecule has 1 aliphatic carbocycles. The summed E-state index contributed by atoms with van der Waals surface area (Å²) in [6, 6.07) is 9.89. The third-order valence-electron chi connectivity index (χ3n) is 3.08. The van der Waals surface area contributed by atoms with Crippen molar-refractivity contribution in [2.24, 2.45) is 0 Å². The van der Waals surface area contributed by atoms with Gasteiger partial charge in [-0.2, -0.15) is 0 Å². The Kier molecular flexibility index (Phi) is 5.16. The molecule has 1 aromatic carbocycles. The highest BCUT2D eigenvalue weighted by Gasteiger charge is 2.19. The summed E-state index contributed by atoms with van der Waals surface area (Å²) in [6.45, 7) is 0.458. The molecule has 0 radical (unpaired) electrons. The van der Waals surface area contributed by atoms with E-state index in [1.165, 1.54) is 19.3 Å². The summed E-state index contributed by atoms with van der Waals surface area (Å²) in [5.41, 5.74) is 1.08. The van der Waals surface area contributed by atoms with E-state index in [2.05, 4.69) is 4.89 Å². The van der Waals surface area contributed by atoms with Gasteiger partial charge in [-0.15, -0.1) is 4.89 Å². The zero-order valence-electron chi connectivity index (χ0n) is 9.93. The van der Waals surface area contributed by atoms with Crippen LogP contribution in [-0.2, 0) is 22.4 Å². The lowest BCUT2D eigenvalue weighted by Gasteiger charge is -2.20. The molecular weight excluding hydrogens is 234 g/mol. The molecule has 0 aromatic heterocycles. The maximum Gasteiger partial charge on any atom is 0.119 e. The molecular formula is C13H19NO2S. The minimum Gasteiger partial charge on any atom is -0.284 e. The summed E-state index contributed by atoms with van der Waals surface area (Å²) in [5, 5.41) is 0.263. The molecule has 3 nitrogen and oxygen atoms in total. The summed E-state index contributed by atoms with van der Waals surface area (Å²) in [5.74, 6) is 0. The predicted octanol–water partition coefficient (Wildman–Crippen LogP) is 2.70. The van der Waals surface area contributed by atoms with Crippen LogP contribution in [0.3, 0.4) is 0 Å². The quantitative estimate of drug-likeness (QED) is 0.819. The van der Waals surface area contributed by atoms with Crippen molar-refractivity contribution in [3.8, 4) is 0 Å². The Morgan fingerprint density at radius 2 is 1.88 bits per heavy atom. The maximum atomic E-state index is 11.9. The Labute approximate surface area is 105 Å². The van der Waals surface area contributed by atoms with Crippen LogP contribution in [0.5, 0.6) is 0 Å². The van der Waals surface area contributed by atoms with Crippen molar-refractivity contribution in [1.82, 2.24) is 4.89 Å². The summed E-state index contributed by atoms with van der Waals surface area (Å²) in [7, 11) is -1.05. The van der Waals surface area contributed by atoms with E-state index in [-0.39, 0.29) is 5.25 Å². The second kappa shape index (κ2) is 6.89. The first-order chi connectivity index (χ1) is 8.36. The number of hydrogen-bond donors (Lipinski definition) is 1. The molecule has 1 atom stereocenters. The number of hydrogen-bond acceptors (Lipinski definition) is 2. The van der Waals surface area contributed by atoms with Crippen LogP contribution < -0.4 is 4.89 Å². The molecule has 94 valence electrons. The van der Waals surface area contributed by atoms with E-state index < -0.39 is 11.0 Å². The molecule has 1 saturated carbocycles. The molecule has 0 amide bonds. The Balaban J connectivity index is 1.69. The molecule has 0 aliphatic heterocycles. The van der Waals surface area contributed by atoms with Gasteiger partial charge in [0, 0.05) is 0 Å². The average molecular weight is 253 g/mol. The largest absolute Gasteiger partial charge is 0.284 e. The smallest absolute Gasteiger partial charge is 0.119 e. The highest BCUT2D eigenvalue weighted by atomic mass is 32.2. The van der Waals surface area contributed by atoms with E-state index in [4.69, 9.17) is 4.84 Å². The number of rotatable bonds is 5. The molecule has 0 saturated heterocycles. The fourth-order valence-electron chi connectivity index (χ4n) is 2.09. The van der Waals surface area contributed by atoms with Gasteiger partial charge in [0.25, 0.3) is 0 Å². The van der Waals surface area contributed by atoms with Crippen molar-refractivity contribution in [3.63, 3.8) is 0 Å². The van der Waals surface area contributed by atoms with Crippen molar-refractivity contribution in [2.75, 3.05) is 0 Å². The normalized spacial score (nSPS) is 19.1. The summed E-state index contributed by atoms with van der Waals surface area (Å²) in [6.07, 6.45) is 5.76. The van der Waals surface area contributed by atoms with Crippen LogP contribution in [0.1, 0.15) is 37.7 Å².